The molecular weight excluding hydrogens is 318 g/mol. The van der Waals surface area contributed by atoms with Crippen LogP contribution in [0.25, 0.3) is 0 Å². The molecule has 1 unspecified atom stereocenters. The number of esters is 1. The molecule has 0 aliphatic carbocycles. The van der Waals surface area contributed by atoms with Crippen molar-refractivity contribution in [2.24, 2.45) is 0 Å². The number of hydrogen-bond acceptors (Lipinski definition) is 4. The van der Waals surface area contributed by atoms with Gasteiger partial charge in [0, 0.05) is 18.2 Å². The van der Waals surface area contributed by atoms with E-state index in [4.69, 9.17) is 9.47 Å². The summed E-state index contributed by atoms with van der Waals surface area (Å²) in [7, 11) is 0. The molecule has 2 aromatic carbocycles. The van der Waals surface area contributed by atoms with Crippen molar-refractivity contribution in [3.05, 3.63) is 60.2 Å². The molecule has 5 nitrogen and oxygen atoms in total. The van der Waals surface area contributed by atoms with Crippen molar-refractivity contribution in [1.82, 2.24) is 0 Å². The normalized spacial score (nSPS) is 11.4. The Morgan fingerprint density at radius 1 is 1.08 bits per heavy atom. The SMILES string of the molecule is CCOC(=O)COc1cccc(NC(=O)CC(C)c2ccccc2)c1. The molecule has 0 spiro atoms. The van der Waals surface area contributed by atoms with Crippen LogP contribution in [0.3, 0.4) is 0 Å². The standard InChI is InChI=1S/C20H23NO4/c1-3-24-20(23)14-25-18-11-7-10-17(13-18)21-19(22)12-15(2)16-8-5-4-6-9-16/h4-11,13,15H,3,12,14H2,1-2H3,(H,21,22). The number of hydrogen-bond donors (Lipinski definition) is 1. The van der Waals surface area contributed by atoms with E-state index in [0.29, 0.717) is 24.5 Å². The van der Waals surface area contributed by atoms with Gasteiger partial charge in [-0.15, -0.1) is 0 Å². The zero-order chi connectivity index (χ0) is 18.1. The minimum Gasteiger partial charge on any atom is -0.482 e. The Bertz CT molecular complexity index is 700. The number of nitrogens with one attached hydrogen (secondary N) is 1. The van der Waals surface area contributed by atoms with Crippen LogP contribution in [0.15, 0.2) is 54.6 Å². The van der Waals surface area contributed by atoms with E-state index < -0.39 is 5.97 Å². The predicted molar refractivity (Wildman–Crippen MR) is 96.7 cm³/mol. The summed E-state index contributed by atoms with van der Waals surface area (Å²) >= 11 is 0. The van der Waals surface area contributed by atoms with E-state index in [1.54, 1.807) is 31.2 Å². The summed E-state index contributed by atoms with van der Waals surface area (Å²) in [5.74, 6) is 0.138. The van der Waals surface area contributed by atoms with E-state index >= 15 is 0 Å². The first-order valence-electron chi connectivity index (χ1n) is 8.31. The van der Waals surface area contributed by atoms with Crippen LogP contribution >= 0.6 is 0 Å². The minimum atomic E-state index is -0.423. The van der Waals surface area contributed by atoms with Gasteiger partial charge in [0.15, 0.2) is 6.61 Å². The summed E-state index contributed by atoms with van der Waals surface area (Å²) < 4.78 is 10.2. The van der Waals surface area contributed by atoms with E-state index in [1.165, 1.54) is 0 Å². The molecule has 0 fully saturated rings. The Kier molecular flexibility index (Phi) is 7.01. The zero-order valence-electron chi connectivity index (χ0n) is 14.5. The third-order valence-corrected chi connectivity index (χ3v) is 3.64. The first-order valence-corrected chi connectivity index (χ1v) is 8.31. The molecule has 0 saturated carbocycles. The van der Waals surface area contributed by atoms with Crippen LogP contribution in [0.1, 0.15) is 31.7 Å². The van der Waals surface area contributed by atoms with Gasteiger partial charge in [-0.1, -0.05) is 43.3 Å². The first kappa shape index (κ1) is 18.5. The molecule has 0 aromatic heterocycles. The Hall–Kier alpha value is -2.82. The number of rotatable bonds is 8. The third kappa shape index (κ3) is 6.30. The largest absolute Gasteiger partial charge is 0.482 e. The topological polar surface area (TPSA) is 64.6 Å². The molecule has 0 aliphatic rings. The van der Waals surface area contributed by atoms with E-state index in [9.17, 15) is 9.59 Å². The summed E-state index contributed by atoms with van der Waals surface area (Å²) in [4.78, 5) is 23.6. The highest BCUT2D eigenvalue weighted by Gasteiger charge is 2.11. The van der Waals surface area contributed by atoms with Crippen molar-refractivity contribution in [3.63, 3.8) is 0 Å². The quantitative estimate of drug-likeness (QED) is 0.743. The number of amides is 1. The second-order valence-corrected chi connectivity index (χ2v) is 5.69. The summed E-state index contributed by atoms with van der Waals surface area (Å²) in [6.07, 6.45) is 0.387. The van der Waals surface area contributed by atoms with Crippen molar-refractivity contribution in [2.75, 3.05) is 18.5 Å². The number of carbonyl (C=O) groups is 2. The van der Waals surface area contributed by atoms with Crippen LogP contribution in [-0.2, 0) is 14.3 Å². The van der Waals surface area contributed by atoms with Crippen LogP contribution < -0.4 is 10.1 Å². The number of anilines is 1. The van der Waals surface area contributed by atoms with Gasteiger partial charge in [-0.3, -0.25) is 4.79 Å². The lowest BCUT2D eigenvalue weighted by atomic mass is 9.97. The molecular formula is C20H23NO4. The summed E-state index contributed by atoms with van der Waals surface area (Å²) in [5, 5.41) is 2.86. The Balaban J connectivity index is 1.88. The second-order valence-electron chi connectivity index (χ2n) is 5.69. The molecule has 2 aromatic rings. The monoisotopic (exact) mass is 341 g/mol. The highest BCUT2D eigenvalue weighted by molar-refractivity contribution is 5.91. The van der Waals surface area contributed by atoms with Crippen LogP contribution in [0, 0.1) is 0 Å². The van der Waals surface area contributed by atoms with Gasteiger partial charge in [0.25, 0.3) is 0 Å². The van der Waals surface area contributed by atoms with Gasteiger partial charge >= 0.3 is 5.97 Å². The maximum atomic E-state index is 12.2. The van der Waals surface area contributed by atoms with E-state index in [-0.39, 0.29) is 18.4 Å². The van der Waals surface area contributed by atoms with Crippen LogP contribution in [0.5, 0.6) is 5.75 Å². The van der Waals surface area contributed by atoms with Gasteiger partial charge in [-0.25, -0.2) is 4.79 Å². The fourth-order valence-electron chi connectivity index (χ4n) is 2.40. The van der Waals surface area contributed by atoms with E-state index in [0.717, 1.165) is 5.56 Å². The molecule has 0 bridgehead atoms. The molecule has 1 amide bonds. The van der Waals surface area contributed by atoms with Gasteiger partial charge in [0.05, 0.1) is 6.61 Å². The predicted octanol–water partition coefficient (Wildman–Crippen LogP) is 3.76. The fourth-order valence-corrected chi connectivity index (χ4v) is 2.40. The van der Waals surface area contributed by atoms with Gasteiger partial charge in [0.2, 0.25) is 5.91 Å². The molecule has 0 heterocycles. The molecule has 5 heteroatoms. The molecule has 2 rings (SSSR count). The minimum absolute atomic E-state index is 0.0705. The molecule has 0 saturated heterocycles. The van der Waals surface area contributed by atoms with Gasteiger partial charge < -0.3 is 14.8 Å². The van der Waals surface area contributed by atoms with E-state index in [1.807, 2.05) is 37.3 Å². The van der Waals surface area contributed by atoms with Crippen molar-refractivity contribution in [2.45, 2.75) is 26.2 Å². The van der Waals surface area contributed by atoms with Gasteiger partial charge in [-0.2, -0.15) is 0 Å². The van der Waals surface area contributed by atoms with Crippen molar-refractivity contribution in [1.29, 1.82) is 0 Å². The molecule has 1 atom stereocenters. The molecule has 132 valence electrons. The smallest absolute Gasteiger partial charge is 0.344 e. The van der Waals surface area contributed by atoms with Crippen molar-refractivity contribution < 1.29 is 19.1 Å². The number of benzene rings is 2. The maximum absolute atomic E-state index is 12.2. The second kappa shape index (κ2) is 9.47. The highest BCUT2D eigenvalue weighted by Crippen LogP contribution is 2.21. The Labute approximate surface area is 148 Å². The molecule has 0 radical (unpaired) electrons. The number of ether oxygens (including phenoxy) is 2. The summed E-state index contributed by atoms with van der Waals surface area (Å²) in [6.45, 7) is 3.92. The highest BCUT2D eigenvalue weighted by atomic mass is 16.6. The third-order valence-electron chi connectivity index (χ3n) is 3.64. The summed E-state index contributed by atoms with van der Waals surface area (Å²) in [5.41, 5.74) is 1.76. The van der Waals surface area contributed by atoms with Crippen molar-refractivity contribution >= 4 is 17.6 Å². The van der Waals surface area contributed by atoms with Gasteiger partial charge in [-0.05, 0) is 30.5 Å². The van der Waals surface area contributed by atoms with E-state index in [2.05, 4.69) is 5.32 Å². The van der Waals surface area contributed by atoms with Crippen LogP contribution in [0.2, 0.25) is 0 Å². The first-order chi connectivity index (χ1) is 12.1. The zero-order valence-corrected chi connectivity index (χ0v) is 14.5. The lowest BCUT2D eigenvalue weighted by Crippen LogP contribution is -2.15. The molecule has 25 heavy (non-hydrogen) atoms. The number of carbonyl (C=O) groups excluding carboxylic acids is 2. The van der Waals surface area contributed by atoms with Gasteiger partial charge in [0.1, 0.15) is 5.75 Å². The Morgan fingerprint density at radius 3 is 2.56 bits per heavy atom. The average molecular weight is 341 g/mol. The maximum Gasteiger partial charge on any atom is 0.344 e. The summed E-state index contributed by atoms with van der Waals surface area (Å²) in [6, 6.07) is 16.9. The molecule has 1 N–H and O–H groups in total. The lowest BCUT2D eigenvalue weighted by Gasteiger charge is -2.13. The lowest BCUT2D eigenvalue weighted by molar-refractivity contribution is -0.145. The van der Waals surface area contributed by atoms with Crippen molar-refractivity contribution in [3.8, 4) is 5.75 Å². The fraction of sp³-hybridized carbons (Fsp3) is 0.300. The van der Waals surface area contributed by atoms with Crippen LogP contribution in [-0.4, -0.2) is 25.1 Å². The average Bonchev–Trinajstić information content (AvgIpc) is 2.61. The molecule has 0 aliphatic heterocycles. The Morgan fingerprint density at radius 2 is 1.84 bits per heavy atom. The van der Waals surface area contributed by atoms with Crippen LogP contribution in [0.4, 0.5) is 5.69 Å².